The molecular formula is C28H28N4S2. The van der Waals surface area contributed by atoms with Gasteiger partial charge in [0.1, 0.15) is 0 Å². The van der Waals surface area contributed by atoms with E-state index in [1.54, 1.807) is 0 Å². The minimum atomic E-state index is 0.205. The lowest BCUT2D eigenvalue weighted by atomic mass is 9.90. The maximum absolute atomic E-state index is 5.71. The maximum atomic E-state index is 5.71. The minimum absolute atomic E-state index is 0.205. The molecule has 1 aliphatic carbocycles. The highest BCUT2D eigenvalue weighted by molar-refractivity contribution is 7.80. The summed E-state index contributed by atoms with van der Waals surface area (Å²) in [7, 11) is 0. The van der Waals surface area contributed by atoms with Gasteiger partial charge in [-0.1, -0.05) is 85.6 Å². The van der Waals surface area contributed by atoms with E-state index in [1.807, 2.05) is 0 Å². The predicted molar refractivity (Wildman–Crippen MR) is 153 cm³/mol. The second kappa shape index (κ2) is 10.4. The molecule has 0 heterocycles. The van der Waals surface area contributed by atoms with Gasteiger partial charge in [0.15, 0.2) is 10.2 Å². The maximum Gasteiger partial charge on any atom is 0.171 e. The van der Waals surface area contributed by atoms with Crippen molar-refractivity contribution >= 4 is 67.6 Å². The van der Waals surface area contributed by atoms with Crippen LogP contribution in [-0.4, -0.2) is 22.3 Å². The SMILES string of the molecule is S=C(Nc1cccc2ccccc12)NC1CCCCC1NC(=S)Nc1cccc2ccccc12. The van der Waals surface area contributed by atoms with Gasteiger partial charge in [0.2, 0.25) is 0 Å². The molecule has 2 atom stereocenters. The van der Waals surface area contributed by atoms with Gasteiger partial charge in [-0.3, -0.25) is 0 Å². The highest BCUT2D eigenvalue weighted by Crippen LogP contribution is 2.25. The van der Waals surface area contributed by atoms with Crippen molar-refractivity contribution in [2.45, 2.75) is 37.8 Å². The first-order valence-electron chi connectivity index (χ1n) is 11.8. The molecule has 0 radical (unpaired) electrons. The first kappa shape index (κ1) is 22.6. The van der Waals surface area contributed by atoms with Gasteiger partial charge in [-0.2, -0.15) is 0 Å². The first-order valence-corrected chi connectivity index (χ1v) is 12.6. The third-order valence-corrected chi connectivity index (χ3v) is 6.91. The van der Waals surface area contributed by atoms with Crippen LogP contribution >= 0.6 is 24.4 Å². The topological polar surface area (TPSA) is 48.1 Å². The molecule has 6 heteroatoms. The van der Waals surface area contributed by atoms with E-state index < -0.39 is 0 Å². The quantitative estimate of drug-likeness (QED) is 0.246. The van der Waals surface area contributed by atoms with E-state index in [0.29, 0.717) is 10.2 Å². The highest BCUT2D eigenvalue weighted by Gasteiger charge is 2.26. The Kier molecular flexibility index (Phi) is 6.88. The summed E-state index contributed by atoms with van der Waals surface area (Å²) in [6.45, 7) is 0. The lowest BCUT2D eigenvalue weighted by Gasteiger charge is -2.34. The molecule has 34 heavy (non-hydrogen) atoms. The van der Waals surface area contributed by atoms with Crippen molar-refractivity contribution in [1.29, 1.82) is 0 Å². The fourth-order valence-electron chi connectivity index (χ4n) is 4.80. The lowest BCUT2D eigenvalue weighted by molar-refractivity contribution is 0.340. The van der Waals surface area contributed by atoms with Crippen LogP contribution in [0.25, 0.3) is 21.5 Å². The minimum Gasteiger partial charge on any atom is -0.358 e. The van der Waals surface area contributed by atoms with Crippen LogP contribution < -0.4 is 21.3 Å². The van der Waals surface area contributed by atoms with Gasteiger partial charge in [0, 0.05) is 34.2 Å². The van der Waals surface area contributed by atoms with E-state index in [-0.39, 0.29) is 12.1 Å². The number of nitrogens with one attached hydrogen (secondary N) is 4. The number of rotatable bonds is 4. The third-order valence-electron chi connectivity index (χ3n) is 6.47. The van der Waals surface area contributed by atoms with E-state index in [9.17, 15) is 0 Å². The highest BCUT2D eigenvalue weighted by atomic mass is 32.1. The van der Waals surface area contributed by atoms with Crippen LogP contribution in [0.1, 0.15) is 25.7 Å². The number of hydrogen-bond donors (Lipinski definition) is 4. The lowest BCUT2D eigenvalue weighted by Crippen LogP contribution is -2.54. The van der Waals surface area contributed by atoms with Gasteiger partial charge < -0.3 is 21.3 Å². The monoisotopic (exact) mass is 484 g/mol. The zero-order chi connectivity index (χ0) is 23.3. The molecule has 0 saturated heterocycles. The molecule has 4 N–H and O–H groups in total. The second-order valence-corrected chi connectivity index (χ2v) is 9.56. The molecule has 1 fully saturated rings. The Balaban J connectivity index is 1.24. The largest absolute Gasteiger partial charge is 0.358 e. The van der Waals surface area contributed by atoms with E-state index in [2.05, 4.69) is 106 Å². The molecule has 0 aliphatic heterocycles. The van der Waals surface area contributed by atoms with Gasteiger partial charge >= 0.3 is 0 Å². The normalized spacial score (nSPS) is 17.8. The molecule has 172 valence electrons. The Morgan fingerprint density at radius 1 is 0.559 bits per heavy atom. The van der Waals surface area contributed by atoms with Gasteiger partial charge in [-0.25, -0.2) is 0 Å². The molecule has 0 amide bonds. The van der Waals surface area contributed by atoms with Crippen molar-refractivity contribution < 1.29 is 0 Å². The van der Waals surface area contributed by atoms with Crippen LogP contribution in [0.5, 0.6) is 0 Å². The van der Waals surface area contributed by atoms with Crippen molar-refractivity contribution in [2.75, 3.05) is 10.6 Å². The van der Waals surface area contributed by atoms with Crippen molar-refractivity contribution in [3.05, 3.63) is 84.9 Å². The second-order valence-electron chi connectivity index (χ2n) is 8.75. The van der Waals surface area contributed by atoms with E-state index >= 15 is 0 Å². The molecule has 4 aromatic rings. The zero-order valence-corrected chi connectivity index (χ0v) is 20.5. The number of fused-ring (bicyclic) bond motifs is 2. The van der Waals surface area contributed by atoms with Crippen molar-refractivity contribution in [3.63, 3.8) is 0 Å². The first-order chi connectivity index (χ1) is 16.7. The van der Waals surface area contributed by atoms with Gasteiger partial charge in [0.25, 0.3) is 0 Å². The van der Waals surface area contributed by atoms with Crippen LogP contribution in [0.15, 0.2) is 84.9 Å². The molecule has 1 saturated carbocycles. The number of anilines is 2. The molecule has 5 rings (SSSR count). The fourth-order valence-corrected chi connectivity index (χ4v) is 5.32. The molecule has 0 bridgehead atoms. The molecule has 4 nitrogen and oxygen atoms in total. The summed E-state index contributed by atoms with van der Waals surface area (Å²) in [5.74, 6) is 0. The Bertz CT molecular complexity index is 1220. The third kappa shape index (κ3) is 5.13. The number of benzene rings is 4. The summed E-state index contributed by atoms with van der Waals surface area (Å²) in [6.07, 6.45) is 4.45. The Labute approximate surface area is 211 Å². The van der Waals surface area contributed by atoms with Crippen LogP contribution in [0.4, 0.5) is 11.4 Å². The van der Waals surface area contributed by atoms with Crippen LogP contribution in [0.2, 0.25) is 0 Å². The Hall–Kier alpha value is -3.22. The van der Waals surface area contributed by atoms with Crippen molar-refractivity contribution in [3.8, 4) is 0 Å². The average molecular weight is 485 g/mol. The zero-order valence-electron chi connectivity index (χ0n) is 18.9. The van der Waals surface area contributed by atoms with Crippen LogP contribution in [0, 0.1) is 0 Å². The summed E-state index contributed by atoms with van der Waals surface area (Å²) in [4.78, 5) is 0. The van der Waals surface area contributed by atoms with E-state index in [0.717, 1.165) is 35.0 Å². The summed E-state index contributed by atoms with van der Waals surface area (Å²) in [6, 6.07) is 29.5. The summed E-state index contributed by atoms with van der Waals surface area (Å²) < 4.78 is 0. The fraction of sp³-hybridized carbons (Fsp3) is 0.214. The van der Waals surface area contributed by atoms with Crippen LogP contribution in [-0.2, 0) is 0 Å². The van der Waals surface area contributed by atoms with E-state index in [4.69, 9.17) is 24.4 Å². The van der Waals surface area contributed by atoms with Gasteiger partial charge in [-0.15, -0.1) is 0 Å². The molecule has 1 aliphatic rings. The molecular weight excluding hydrogens is 456 g/mol. The van der Waals surface area contributed by atoms with Crippen molar-refractivity contribution in [1.82, 2.24) is 10.6 Å². The summed E-state index contributed by atoms with van der Waals surface area (Å²) in [5, 5.41) is 19.9. The smallest absolute Gasteiger partial charge is 0.171 e. The number of thiocarbonyl (C=S) groups is 2. The molecule has 4 aromatic carbocycles. The van der Waals surface area contributed by atoms with Crippen LogP contribution in [0.3, 0.4) is 0 Å². The average Bonchev–Trinajstić information content (AvgIpc) is 2.86. The van der Waals surface area contributed by atoms with Crippen molar-refractivity contribution in [2.24, 2.45) is 0 Å². The standard InChI is InChI=1S/C28H28N4S2/c33-27(29-23-17-7-11-19-9-1-3-13-21(19)23)31-25-15-5-6-16-26(25)32-28(34)30-24-18-8-12-20-10-2-4-14-22(20)24/h1-4,7-14,17-18,25-26H,5-6,15-16H2,(H2,29,31,33)(H2,30,32,34). The summed E-state index contributed by atoms with van der Waals surface area (Å²) >= 11 is 11.4. The molecule has 0 aromatic heterocycles. The number of hydrogen-bond acceptors (Lipinski definition) is 2. The van der Waals surface area contributed by atoms with Gasteiger partial charge in [-0.05, 0) is 60.2 Å². The van der Waals surface area contributed by atoms with Gasteiger partial charge in [0.05, 0.1) is 0 Å². The summed E-state index contributed by atoms with van der Waals surface area (Å²) in [5.41, 5.74) is 2.04. The Morgan fingerprint density at radius 2 is 0.971 bits per heavy atom. The molecule has 2 unspecified atom stereocenters. The predicted octanol–water partition coefficient (Wildman–Crippen LogP) is 6.58. The molecule has 0 spiro atoms. The Morgan fingerprint density at radius 3 is 1.44 bits per heavy atom. The van der Waals surface area contributed by atoms with E-state index in [1.165, 1.54) is 23.6 Å².